The van der Waals surface area contributed by atoms with Gasteiger partial charge in [-0.15, -0.1) is 0 Å². The maximum Gasteiger partial charge on any atom is 0.291 e. The molecule has 3 amide bonds. The highest BCUT2D eigenvalue weighted by molar-refractivity contribution is 6.09. The third-order valence-electron chi connectivity index (χ3n) is 7.00. The number of carbonyl (C=O) groups is 3. The number of hydrogen-bond donors (Lipinski definition) is 4. The van der Waals surface area contributed by atoms with Crippen LogP contribution in [-0.2, 0) is 21.1 Å². The van der Waals surface area contributed by atoms with Crippen LogP contribution >= 0.6 is 0 Å². The number of carbonyl (C=O) groups excluding carboxylic acids is 3. The topological polar surface area (TPSA) is 153 Å². The Bertz CT molecular complexity index is 2020. The van der Waals surface area contributed by atoms with Crippen LogP contribution in [0.2, 0.25) is 0 Å². The number of benzene rings is 1. The second-order valence-corrected chi connectivity index (χ2v) is 9.98. The molecule has 0 aliphatic heterocycles. The Kier molecular flexibility index (Phi) is 7.04. The SMILES string of the molecule is Cn1cc(NC(=O)c2cc(NC(=O)c3nccn3C)cn2C)cc1C(=O)NCNc1cc2cccnc2c2ncccc12. The third-order valence-corrected chi connectivity index (χ3v) is 7.00. The molecule has 0 saturated heterocycles. The summed E-state index contributed by atoms with van der Waals surface area (Å²) >= 11 is 0. The van der Waals surface area contributed by atoms with Crippen molar-refractivity contribution < 1.29 is 14.4 Å². The molecular weight excluding hydrogens is 548 g/mol. The van der Waals surface area contributed by atoms with Gasteiger partial charge in [-0.3, -0.25) is 24.4 Å². The summed E-state index contributed by atoms with van der Waals surface area (Å²) in [6, 6.07) is 12.8. The Morgan fingerprint density at radius 1 is 0.721 bits per heavy atom. The van der Waals surface area contributed by atoms with E-state index in [1.54, 1.807) is 78.0 Å². The minimum Gasteiger partial charge on any atom is -0.367 e. The van der Waals surface area contributed by atoms with Crippen LogP contribution in [0.4, 0.5) is 17.1 Å². The van der Waals surface area contributed by atoms with Crippen molar-refractivity contribution in [2.45, 2.75) is 0 Å². The summed E-state index contributed by atoms with van der Waals surface area (Å²) in [6.07, 6.45) is 9.96. The zero-order valence-electron chi connectivity index (χ0n) is 23.6. The van der Waals surface area contributed by atoms with Gasteiger partial charge in [0.25, 0.3) is 17.7 Å². The fourth-order valence-corrected chi connectivity index (χ4v) is 4.92. The summed E-state index contributed by atoms with van der Waals surface area (Å²) in [5.74, 6) is -0.857. The molecule has 0 saturated carbocycles. The van der Waals surface area contributed by atoms with Gasteiger partial charge in [0.05, 0.1) is 29.1 Å². The Morgan fingerprint density at radius 3 is 2.07 bits per heavy atom. The van der Waals surface area contributed by atoms with E-state index in [1.165, 1.54) is 6.20 Å². The maximum atomic E-state index is 13.0. The van der Waals surface area contributed by atoms with Gasteiger partial charge in [0.2, 0.25) is 0 Å². The summed E-state index contributed by atoms with van der Waals surface area (Å²) in [7, 11) is 5.15. The molecule has 6 rings (SSSR count). The van der Waals surface area contributed by atoms with E-state index in [-0.39, 0.29) is 24.3 Å². The van der Waals surface area contributed by atoms with Crippen LogP contribution in [0.5, 0.6) is 0 Å². The van der Waals surface area contributed by atoms with Gasteiger partial charge < -0.3 is 35.0 Å². The molecule has 1 aromatic carbocycles. The average molecular weight is 577 g/mol. The number of aromatic nitrogens is 6. The first kappa shape index (κ1) is 27.2. The summed E-state index contributed by atoms with van der Waals surface area (Å²) in [6.45, 7) is 0.164. The predicted octanol–water partition coefficient (Wildman–Crippen LogP) is 3.50. The molecule has 0 radical (unpaired) electrons. The number of fused-ring (bicyclic) bond motifs is 3. The molecule has 6 aromatic rings. The van der Waals surface area contributed by atoms with Gasteiger partial charge in [-0.1, -0.05) is 6.07 Å². The number of amides is 3. The zero-order chi connectivity index (χ0) is 30.1. The normalized spacial score (nSPS) is 11.0. The van der Waals surface area contributed by atoms with Crippen molar-refractivity contribution in [3.8, 4) is 0 Å². The van der Waals surface area contributed by atoms with Crippen molar-refractivity contribution in [1.82, 2.24) is 34.0 Å². The molecule has 0 bridgehead atoms. The monoisotopic (exact) mass is 576 g/mol. The summed E-state index contributed by atoms with van der Waals surface area (Å²) in [5.41, 5.74) is 3.99. The molecule has 5 heterocycles. The molecule has 43 heavy (non-hydrogen) atoms. The number of anilines is 3. The Morgan fingerprint density at radius 2 is 1.37 bits per heavy atom. The second kappa shape index (κ2) is 11.1. The third kappa shape index (κ3) is 5.38. The molecule has 13 heteroatoms. The van der Waals surface area contributed by atoms with E-state index in [0.717, 1.165) is 27.5 Å². The molecule has 0 fully saturated rings. The Hall–Kier alpha value is -5.98. The van der Waals surface area contributed by atoms with E-state index in [2.05, 4.69) is 36.2 Å². The van der Waals surface area contributed by atoms with Crippen LogP contribution in [0, 0.1) is 0 Å². The fraction of sp³-hybridized carbons (Fsp3) is 0.133. The molecule has 4 N–H and O–H groups in total. The summed E-state index contributed by atoms with van der Waals surface area (Å²) in [5, 5.41) is 13.6. The summed E-state index contributed by atoms with van der Waals surface area (Å²) in [4.78, 5) is 51.6. The van der Waals surface area contributed by atoms with Crippen molar-refractivity contribution in [1.29, 1.82) is 0 Å². The van der Waals surface area contributed by atoms with E-state index in [1.807, 2.05) is 30.3 Å². The standard InChI is InChI=1S/C30H28N10O3/c1-38-11-10-33-27(38)30(43)37-20-14-24(40(3)16-20)29(42)36-19-13-23(39(2)15-19)28(41)35-17-34-22-12-18-6-4-8-31-25(18)26-21(22)7-5-9-32-26/h4-16,34H,17H2,1-3H3,(H,35,41)(H,36,42)(H,37,43). The number of nitrogens with one attached hydrogen (secondary N) is 4. The second-order valence-electron chi connectivity index (χ2n) is 9.98. The van der Waals surface area contributed by atoms with Gasteiger partial charge in [-0.2, -0.15) is 0 Å². The lowest BCUT2D eigenvalue weighted by Crippen LogP contribution is -2.30. The van der Waals surface area contributed by atoms with Crippen molar-refractivity contribution in [2.75, 3.05) is 22.6 Å². The zero-order valence-corrected chi connectivity index (χ0v) is 23.6. The van der Waals surface area contributed by atoms with Gasteiger partial charge in [-0.05, 0) is 36.4 Å². The first-order valence-electron chi connectivity index (χ1n) is 13.4. The fourth-order valence-electron chi connectivity index (χ4n) is 4.92. The van der Waals surface area contributed by atoms with Gasteiger partial charge >= 0.3 is 0 Å². The molecular formula is C30H28N10O3. The minimum absolute atomic E-state index is 0.164. The molecule has 0 unspecified atom stereocenters. The molecule has 0 atom stereocenters. The molecule has 0 spiro atoms. The van der Waals surface area contributed by atoms with Crippen molar-refractivity contribution in [3.05, 3.63) is 96.9 Å². The highest BCUT2D eigenvalue weighted by atomic mass is 16.2. The van der Waals surface area contributed by atoms with Crippen LogP contribution in [0.25, 0.3) is 21.8 Å². The Balaban J connectivity index is 1.10. The van der Waals surface area contributed by atoms with Crippen molar-refractivity contribution in [3.63, 3.8) is 0 Å². The van der Waals surface area contributed by atoms with Crippen molar-refractivity contribution in [2.24, 2.45) is 21.1 Å². The van der Waals surface area contributed by atoms with Gasteiger partial charge in [0.1, 0.15) is 11.4 Å². The van der Waals surface area contributed by atoms with E-state index >= 15 is 0 Å². The maximum absolute atomic E-state index is 13.0. The van der Waals surface area contributed by atoms with Gasteiger partial charge in [0.15, 0.2) is 5.82 Å². The number of pyridine rings is 2. The van der Waals surface area contributed by atoms with E-state index < -0.39 is 5.91 Å². The number of hydrogen-bond acceptors (Lipinski definition) is 7. The highest BCUT2D eigenvalue weighted by Crippen LogP contribution is 2.29. The lowest BCUT2D eigenvalue weighted by atomic mass is 10.1. The Labute approximate surface area is 245 Å². The average Bonchev–Trinajstić information content (AvgIpc) is 3.70. The van der Waals surface area contributed by atoms with Crippen LogP contribution in [0.3, 0.4) is 0 Å². The molecule has 0 aliphatic rings. The number of imidazole rings is 1. The van der Waals surface area contributed by atoms with Gasteiger partial charge in [-0.25, -0.2) is 4.98 Å². The first-order valence-corrected chi connectivity index (χ1v) is 13.4. The van der Waals surface area contributed by atoms with Crippen LogP contribution in [-0.4, -0.2) is 53.0 Å². The number of rotatable bonds is 8. The molecule has 0 aliphatic carbocycles. The smallest absolute Gasteiger partial charge is 0.291 e. The van der Waals surface area contributed by atoms with Crippen LogP contribution in [0.15, 0.2) is 79.6 Å². The number of aryl methyl sites for hydroxylation is 3. The van der Waals surface area contributed by atoms with E-state index in [0.29, 0.717) is 22.8 Å². The van der Waals surface area contributed by atoms with Crippen LogP contribution < -0.4 is 21.3 Å². The largest absolute Gasteiger partial charge is 0.367 e. The molecule has 216 valence electrons. The van der Waals surface area contributed by atoms with Crippen molar-refractivity contribution >= 4 is 56.6 Å². The molecule has 13 nitrogen and oxygen atoms in total. The highest BCUT2D eigenvalue weighted by Gasteiger charge is 2.18. The van der Waals surface area contributed by atoms with Crippen LogP contribution in [0.1, 0.15) is 31.6 Å². The lowest BCUT2D eigenvalue weighted by molar-refractivity contribution is 0.0946. The van der Waals surface area contributed by atoms with E-state index in [9.17, 15) is 14.4 Å². The first-order chi connectivity index (χ1) is 20.8. The minimum atomic E-state index is -0.398. The quantitative estimate of drug-likeness (QED) is 0.160. The lowest BCUT2D eigenvalue weighted by Gasteiger charge is -2.12. The van der Waals surface area contributed by atoms with E-state index in [4.69, 9.17) is 0 Å². The van der Waals surface area contributed by atoms with Gasteiger partial charge in [0, 0.05) is 74.8 Å². The summed E-state index contributed by atoms with van der Waals surface area (Å²) < 4.78 is 4.84. The number of nitrogens with zero attached hydrogens (tertiary/aromatic N) is 6. The molecule has 5 aromatic heterocycles. The predicted molar refractivity (Wildman–Crippen MR) is 163 cm³/mol.